The van der Waals surface area contributed by atoms with Crippen LogP contribution in [0.25, 0.3) is 0 Å². The molecule has 1 aromatic heterocycles. The number of carbonyl (C=O) groups is 3. The summed E-state index contributed by atoms with van der Waals surface area (Å²) < 4.78 is 0. The Balaban J connectivity index is 1.70. The molecular formula is C11H13N3O3S. The molecule has 0 unspecified atom stereocenters. The highest BCUT2D eigenvalue weighted by Crippen LogP contribution is 2.08. The fourth-order valence-electron chi connectivity index (χ4n) is 1.62. The van der Waals surface area contributed by atoms with E-state index in [-0.39, 0.29) is 31.4 Å². The number of urea groups is 1. The Labute approximate surface area is 108 Å². The Kier molecular flexibility index (Phi) is 3.93. The van der Waals surface area contributed by atoms with Crippen molar-refractivity contribution < 1.29 is 14.4 Å². The maximum atomic E-state index is 11.5. The minimum Gasteiger partial charge on any atom is -0.354 e. The van der Waals surface area contributed by atoms with Crippen LogP contribution in [0, 0.1) is 0 Å². The second-order valence-corrected chi connectivity index (χ2v) is 4.84. The van der Waals surface area contributed by atoms with E-state index in [9.17, 15) is 14.4 Å². The molecule has 0 saturated carbocycles. The second-order valence-electron chi connectivity index (χ2n) is 3.81. The third-order valence-electron chi connectivity index (χ3n) is 2.51. The molecule has 0 aliphatic carbocycles. The average Bonchev–Trinajstić information content (AvgIpc) is 2.93. The molecule has 7 heteroatoms. The predicted molar refractivity (Wildman–Crippen MR) is 66.1 cm³/mol. The molecule has 2 rings (SSSR count). The van der Waals surface area contributed by atoms with Gasteiger partial charge in [-0.25, -0.2) is 4.79 Å². The summed E-state index contributed by atoms with van der Waals surface area (Å²) in [4.78, 5) is 36.1. The summed E-state index contributed by atoms with van der Waals surface area (Å²) in [5, 5.41) is 7.02. The van der Waals surface area contributed by atoms with Gasteiger partial charge < -0.3 is 10.6 Å². The topological polar surface area (TPSA) is 78.5 Å². The minimum absolute atomic E-state index is 0.0436. The lowest BCUT2D eigenvalue weighted by Gasteiger charge is -2.12. The number of nitrogens with zero attached hydrogens (tertiary/aromatic N) is 1. The second kappa shape index (κ2) is 5.63. The number of thiophene rings is 1. The van der Waals surface area contributed by atoms with Crippen molar-refractivity contribution in [2.75, 3.05) is 19.6 Å². The fraction of sp³-hybridized carbons (Fsp3) is 0.364. The van der Waals surface area contributed by atoms with Crippen molar-refractivity contribution >= 4 is 29.2 Å². The van der Waals surface area contributed by atoms with Crippen molar-refractivity contribution in [1.82, 2.24) is 15.5 Å². The van der Waals surface area contributed by atoms with Crippen molar-refractivity contribution in [1.29, 1.82) is 0 Å². The van der Waals surface area contributed by atoms with Gasteiger partial charge in [0, 0.05) is 18.0 Å². The molecule has 0 aromatic carbocycles. The van der Waals surface area contributed by atoms with Gasteiger partial charge in [0.25, 0.3) is 0 Å². The third kappa shape index (κ3) is 3.07. The largest absolute Gasteiger partial charge is 0.354 e. The summed E-state index contributed by atoms with van der Waals surface area (Å²) in [5.41, 5.74) is 0. The van der Waals surface area contributed by atoms with Crippen LogP contribution < -0.4 is 10.6 Å². The molecule has 0 spiro atoms. The van der Waals surface area contributed by atoms with Crippen LogP contribution in [-0.4, -0.2) is 42.4 Å². The Morgan fingerprint density at radius 3 is 2.94 bits per heavy atom. The quantitative estimate of drug-likeness (QED) is 0.735. The van der Waals surface area contributed by atoms with Crippen LogP contribution in [0.1, 0.15) is 4.88 Å². The van der Waals surface area contributed by atoms with Crippen LogP contribution in [-0.2, 0) is 16.0 Å². The molecule has 2 heterocycles. The van der Waals surface area contributed by atoms with Crippen molar-refractivity contribution in [3.63, 3.8) is 0 Å². The molecule has 1 saturated heterocycles. The molecule has 1 fully saturated rings. The molecule has 0 radical (unpaired) electrons. The Morgan fingerprint density at radius 2 is 2.33 bits per heavy atom. The number of nitrogens with one attached hydrogen (secondary N) is 2. The number of amides is 4. The van der Waals surface area contributed by atoms with E-state index >= 15 is 0 Å². The van der Waals surface area contributed by atoms with Gasteiger partial charge in [0.05, 0.1) is 13.0 Å². The van der Waals surface area contributed by atoms with Gasteiger partial charge in [0.1, 0.15) is 0 Å². The van der Waals surface area contributed by atoms with Crippen LogP contribution in [0.15, 0.2) is 17.5 Å². The van der Waals surface area contributed by atoms with E-state index in [1.807, 2.05) is 17.5 Å². The molecule has 0 atom stereocenters. The Hall–Kier alpha value is -1.89. The highest BCUT2D eigenvalue weighted by molar-refractivity contribution is 7.10. The molecule has 96 valence electrons. The zero-order chi connectivity index (χ0) is 13.0. The van der Waals surface area contributed by atoms with E-state index in [4.69, 9.17) is 0 Å². The fourth-order valence-corrected chi connectivity index (χ4v) is 2.33. The van der Waals surface area contributed by atoms with Gasteiger partial charge in [-0.1, -0.05) is 6.07 Å². The smallest absolute Gasteiger partial charge is 0.324 e. The van der Waals surface area contributed by atoms with E-state index in [0.29, 0.717) is 6.42 Å². The number of imide groups is 1. The first-order valence-electron chi connectivity index (χ1n) is 5.54. The van der Waals surface area contributed by atoms with Crippen LogP contribution in [0.4, 0.5) is 4.79 Å². The lowest BCUT2D eigenvalue weighted by atomic mass is 10.3. The first-order valence-corrected chi connectivity index (χ1v) is 6.42. The van der Waals surface area contributed by atoms with E-state index in [1.54, 1.807) is 0 Å². The standard InChI is InChI=1S/C11H13N3O3S/c15-9(6-8-2-1-5-18-8)12-3-4-14-10(16)7-13-11(14)17/h1-2,5H,3-4,6-7H2,(H,12,15)(H,13,17). The third-order valence-corrected chi connectivity index (χ3v) is 3.39. The summed E-state index contributed by atoms with van der Waals surface area (Å²) in [7, 11) is 0. The normalized spacial score (nSPS) is 14.8. The molecule has 4 amide bonds. The lowest BCUT2D eigenvalue weighted by Crippen LogP contribution is -2.39. The zero-order valence-electron chi connectivity index (χ0n) is 9.64. The van der Waals surface area contributed by atoms with Crippen molar-refractivity contribution in [2.24, 2.45) is 0 Å². The molecule has 6 nitrogen and oxygen atoms in total. The number of carbonyl (C=O) groups excluding carboxylic acids is 3. The molecule has 1 aliphatic heterocycles. The maximum Gasteiger partial charge on any atom is 0.324 e. The SMILES string of the molecule is O=C(Cc1cccs1)NCCN1C(=O)CNC1=O. The van der Waals surface area contributed by atoms with Gasteiger partial charge in [-0.3, -0.25) is 14.5 Å². The molecule has 18 heavy (non-hydrogen) atoms. The summed E-state index contributed by atoms with van der Waals surface area (Å²) in [6.45, 7) is 0.534. The summed E-state index contributed by atoms with van der Waals surface area (Å²) in [6, 6.07) is 3.38. The molecular weight excluding hydrogens is 254 g/mol. The first kappa shape index (κ1) is 12.6. The van der Waals surface area contributed by atoms with Gasteiger partial charge >= 0.3 is 6.03 Å². The lowest BCUT2D eigenvalue weighted by molar-refractivity contribution is -0.125. The van der Waals surface area contributed by atoms with Gasteiger partial charge in [0.15, 0.2) is 0 Å². The zero-order valence-corrected chi connectivity index (χ0v) is 10.5. The molecule has 2 N–H and O–H groups in total. The van der Waals surface area contributed by atoms with Gasteiger partial charge in [-0.15, -0.1) is 11.3 Å². The van der Waals surface area contributed by atoms with E-state index in [0.717, 1.165) is 9.78 Å². The van der Waals surface area contributed by atoms with E-state index in [2.05, 4.69) is 10.6 Å². The highest BCUT2D eigenvalue weighted by Gasteiger charge is 2.27. The van der Waals surface area contributed by atoms with Crippen molar-refractivity contribution in [3.05, 3.63) is 22.4 Å². The Bertz CT molecular complexity index is 442. The number of hydrogen-bond acceptors (Lipinski definition) is 4. The van der Waals surface area contributed by atoms with Crippen LogP contribution in [0.2, 0.25) is 0 Å². The number of rotatable bonds is 5. The van der Waals surface area contributed by atoms with Crippen LogP contribution >= 0.6 is 11.3 Å². The van der Waals surface area contributed by atoms with Crippen molar-refractivity contribution in [2.45, 2.75) is 6.42 Å². The van der Waals surface area contributed by atoms with Gasteiger partial charge in [-0.2, -0.15) is 0 Å². The van der Waals surface area contributed by atoms with Crippen molar-refractivity contribution in [3.8, 4) is 0 Å². The van der Waals surface area contributed by atoms with E-state index < -0.39 is 6.03 Å². The first-order chi connectivity index (χ1) is 8.66. The summed E-state index contributed by atoms with van der Waals surface area (Å²) >= 11 is 1.52. The molecule has 1 aromatic rings. The minimum atomic E-state index is -0.396. The highest BCUT2D eigenvalue weighted by atomic mass is 32.1. The molecule has 0 bridgehead atoms. The summed E-state index contributed by atoms with van der Waals surface area (Å²) in [5.74, 6) is -0.364. The number of hydrogen-bond donors (Lipinski definition) is 2. The summed E-state index contributed by atoms with van der Waals surface area (Å²) in [6.07, 6.45) is 0.331. The maximum absolute atomic E-state index is 11.5. The van der Waals surface area contributed by atoms with Gasteiger partial charge in [-0.05, 0) is 11.4 Å². The monoisotopic (exact) mass is 267 g/mol. The predicted octanol–water partition coefficient (Wildman–Crippen LogP) is -0.0414. The average molecular weight is 267 g/mol. The van der Waals surface area contributed by atoms with E-state index in [1.165, 1.54) is 11.3 Å². The Morgan fingerprint density at radius 1 is 1.50 bits per heavy atom. The van der Waals surface area contributed by atoms with Crippen LogP contribution in [0.5, 0.6) is 0 Å². The molecule has 1 aliphatic rings. The van der Waals surface area contributed by atoms with Crippen LogP contribution in [0.3, 0.4) is 0 Å². The van der Waals surface area contributed by atoms with Gasteiger partial charge in [0.2, 0.25) is 11.8 Å².